The van der Waals surface area contributed by atoms with Crippen LogP contribution in [0.4, 0.5) is 0 Å². The van der Waals surface area contributed by atoms with E-state index in [4.69, 9.17) is 0 Å². The summed E-state index contributed by atoms with van der Waals surface area (Å²) in [5, 5.41) is 1.40. The van der Waals surface area contributed by atoms with E-state index in [9.17, 15) is 0 Å². The maximum absolute atomic E-state index is 4.55. The van der Waals surface area contributed by atoms with Crippen molar-refractivity contribution in [2.45, 2.75) is 65.8 Å². The van der Waals surface area contributed by atoms with Gasteiger partial charge in [0, 0.05) is 39.6 Å². The minimum Gasteiger partial charge on any atom is -0.354 e. The Morgan fingerprint density at radius 2 is 1.75 bits per heavy atom. The summed E-state index contributed by atoms with van der Waals surface area (Å²) in [7, 11) is 0. The summed E-state index contributed by atoms with van der Waals surface area (Å²) in [4.78, 5) is 10.9. The molecular weight excluding hydrogens is 342 g/mol. The third kappa shape index (κ3) is 3.60. The number of aryl methyl sites for hydroxylation is 3. The van der Waals surface area contributed by atoms with Gasteiger partial charge >= 0.3 is 0 Å². The van der Waals surface area contributed by atoms with Crippen LogP contribution in [0.15, 0.2) is 30.3 Å². The van der Waals surface area contributed by atoms with E-state index in [1.807, 2.05) is 0 Å². The first-order valence-corrected chi connectivity index (χ1v) is 10.8. The largest absolute Gasteiger partial charge is 0.354 e. The first kappa shape index (κ1) is 19.2. The number of fused-ring (bicyclic) bond motifs is 1. The lowest BCUT2D eigenvalue weighted by atomic mass is 9.88. The lowest BCUT2D eigenvalue weighted by molar-refractivity contribution is 0.172. The zero-order valence-electron chi connectivity index (χ0n) is 18.0. The highest BCUT2D eigenvalue weighted by Gasteiger charge is 2.23. The summed E-state index contributed by atoms with van der Waals surface area (Å²) in [6, 6.07) is 12.2. The van der Waals surface area contributed by atoms with Crippen LogP contribution in [0.3, 0.4) is 0 Å². The van der Waals surface area contributed by atoms with Crippen molar-refractivity contribution >= 4 is 10.9 Å². The maximum Gasteiger partial charge on any atom is 0.0498 e. The summed E-state index contributed by atoms with van der Waals surface area (Å²) >= 11 is 0. The van der Waals surface area contributed by atoms with Crippen LogP contribution in [-0.2, 0) is 6.42 Å². The van der Waals surface area contributed by atoms with Gasteiger partial charge in [0.2, 0.25) is 0 Å². The van der Waals surface area contributed by atoms with Crippen molar-refractivity contribution in [3.63, 3.8) is 0 Å². The molecule has 1 aromatic carbocycles. The maximum atomic E-state index is 4.55. The molecule has 3 heteroatoms. The Morgan fingerprint density at radius 3 is 2.36 bits per heavy atom. The van der Waals surface area contributed by atoms with Gasteiger partial charge in [-0.1, -0.05) is 13.0 Å². The van der Waals surface area contributed by atoms with E-state index in [0.29, 0.717) is 12.0 Å². The monoisotopic (exact) mass is 375 g/mol. The van der Waals surface area contributed by atoms with Crippen LogP contribution < -0.4 is 0 Å². The van der Waals surface area contributed by atoms with Crippen molar-refractivity contribution in [3.05, 3.63) is 52.8 Å². The van der Waals surface area contributed by atoms with E-state index in [1.165, 1.54) is 59.2 Å². The minimum absolute atomic E-state index is 0.662. The molecule has 0 unspecified atom stereocenters. The number of pyridine rings is 1. The number of H-pyrrole nitrogens is 1. The summed E-state index contributed by atoms with van der Waals surface area (Å²) < 4.78 is 0. The average Bonchev–Trinajstić information content (AvgIpc) is 3.05. The second-order valence-electron chi connectivity index (χ2n) is 8.68. The van der Waals surface area contributed by atoms with Crippen molar-refractivity contribution in [1.29, 1.82) is 0 Å². The van der Waals surface area contributed by atoms with Gasteiger partial charge in [-0.25, -0.2) is 0 Å². The smallest absolute Gasteiger partial charge is 0.0498 e. The summed E-state index contributed by atoms with van der Waals surface area (Å²) in [6.45, 7) is 13.5. The molecule has 1 aliphatic heterocycles. The van der Waals surface area contributed by atoms with Crippen LogP contribution in [-0.4, -0.2) is 34.0 Å². The molecule has 1 fully saturated rings. The molecule has 28 heavy (non-hydrogen) atoms. The number of rotatable bonds is 4. The number of nitrogens with zero attached hydrogens (tertiary/aromatic N) is 2. The normalized spacial score (nSPS) is 16.4. The Balaban J connectivity index is 1.70. The predicted molar refractivity (Wildman–Crippen MR) is 119 cm³/mol. The fourth-order valence-electron chi connectivity index (χ4n) is 4.86. The van der Waals surface area contributed by atoms with E-state index >= 15 is 0 Å². The van der Waals surface area contributed by atoms with Gasteiger partial charge in [-0.05, 0) is 101 Å². The van der Waals surface area contributed by atoms with Crippen LogP contribution >= 0.6 is 0 Å². The second kappa shape index (κ2) is 7.71. The highest BCUT2D eigenvalue weighted by molar-refractivity contribution is 5.91. The molecule has 0 atom stereocenters. The topological polar surface area (TPSA) is 31.9 Å². The lowest BCUT2D eigenvalue weighted by Crippen LogP contribution is -2.37. The number of aromatic nitrogens is 2. The number of piperidine rings is 1. The van der Waals surface area contributed by atoms with Gasteiger partial charge in [-0.3, -0.25) is 4.98 Å². The molecule has 1 aliphatic rings. The zero-order valence-corrected chi connectivity index (χ0v) is 18.0. The number of hydrogen-bond donors (Lipinski definition) is 1. The number of aromatic amines is 1. The molecular formula is C25H33N3. The average molecular weight is 376 g/mol. The van der Waals surface area contributed by atoms with Crippen molar-refractivity contribution in [2.75, 3.05) is 13.1 Å². The predicted octanol–water partition coefficient (Wildman–Crippen LogP) is 6.00. The Bertz CT molecular complexity index is 955. The van der Waals surface area contributed by atoms with Crippen LogP contribution in [0, 0.1) is 13.8 Å². The number of nitrogens with one attached hydrogen (secondary N) is 1. The van der Waals surface area contributed by atoms with Crippen molar-refractivity contribution in [3.8, 4) is 11.3 Å². The zero-order chi connectivity index (χ0) is 19.8. The molecule has 2 aromatic heterocycles. The first-order chi connectivity index (χ1) is 13.5. The summed E-state index contributed by atoms with van der Waals surface area (Å²) in [5.74, 6) is 0.688. The molecule has 0 bridgehead atoms. The molecule has 0 radical (unpaired) electrons. The molecule has 0 saturated carbocycles. The van der Waals surface area contributed by atoms with E-state index < -0.39 is 0 Å². The van der Waals surface area contributed by atoms with Crippen LogP contribution in [0.5, 0.6) is 0 Å². The van der Waals surface area contributed by atoms with Crippen molar-refractivity contribution in [1.82, 2.24) is 14.9 Å². The molecule has 3 nitrogen and oxygen atoms in total. The fourth-order valence-corrected chi connectivity index (χ4v) is 4.86. The minimum atomic E-state index is 0.662. The van der Waals surface area contributed by atoms with Gasteiger partial charge in [0.05, 0.1) is 0 Å². The molecule has 0 spiro atoms. The SMILES string of the molecule is CCc1c(-c2cc(C)nc(C)c2)[nH]c2ccc(C3CCN(C(C)C)CC3)cc12. The number of benzene rings is 1. The Hall–Kier alpha value is -2.13. The first-order valence-electron chi connectivity index (χ1n) is 10.8. The highest BCUT2D eigenvalue weighted by Crippen LogP contribution is 2.35. The number of likely N-dealkylation sites (tertiary alicyclic amines) is 1. The van der Waals surface area contributed by atoms with Crippen LogP contribution in [0.2, 0.25) is 0 Å². The summed E-state index contributed by atoms with van der Waals surface area (Å²) in [5.41, 5.74) is 8.87. The second-order valence-corrected chi connectivity index (χ2v) is 8.68. The molecule has 0 amide bonds. The van der Waals surface area contributed by atoms with E-state index in [0.717, 1.165) is 17.8 Å². The van der Waals surface area contributed by atoms with Gasteiger partial charge < -0.3 is 9.88 Å². The Labute approximate surface area is 169 Å². The lowest BCUT2D eigenvalue weighted by Gasteiger charge is -2.34. The molecule has 0 aliphatic carbocycles. The molecule has 1 N–H and O–H groups in total. The van der Waals surface area contributed by atoms with Crippen molar-refractivity contribution in [2.24, 2.45) is 0 Å². The quantitative estimate of drug-likeness (QED) is 0.607. The van der Waals surface area contributed by atoms with Gasteiger partial charge in [0.25, 0.3) is 0 Å². The molecule has 4 rings (SSSR count). The van der Waals surface area contributed by atoms with E-state index in [2.05, 4.69) is 79.8 Å². The van der Waals surface area contributed by atoms with Gasteiger partial charge in [-0.15, -0.1) is 0 Å². The van der Waals surface area contributed by atoms with E-state index in [-0.39, 0.29) is 0 Å². The van der Waals surface area contributed by atoms with Gasteiger partial charge in [-0.2, -0.15) is 0 Å². The molecule has 1 saturated heterocycles. The van der Waals surface area contributed by atoms with Gasteiger partial charge in [0.15, 0.2) is 0 Å². The van der Waals surface area contributed by atoms with E-state index in [1.54, 1.807) is 0 Å². The summed E-state index contributed by atoms with van der Waals surface area (Å²) in [6.07, 6.45) is 3.57. The molecule has 148 valence electrons. The highest BCUT2D eigenvalue weighted by atomic mass is 15.1. The third-order valence-corrected chi connectivity index (χ3v) is 6.39. The Kier molecular flexibility index (Phi) is 5.29. The molecule has 3 heterocycles. The molecule has 3 aromatic rings. The van der Waals surface area contributed by atoms with Crippen molar-refractivity contribution < 1.29 is 0 Å². The van der Waals surface area contributed by atoms with Crippen LogP contribution in [0.1, 0.15) is 62.0 Å². The number of hydrogen-bond acceptors (Lipinski definition) is 2. The Morgan fingerprint density at radius 1 is 1.07 bits per heavy atom. The van der Waals surface area contributed by atoms with Crippen LogP contribution in [0.25, 0.3) is 22.2 Å². The fraction of sp³-hybridized carbons (Fsp3) is 0.480. The van der Waals surface area contributed by atoms with Gasteiger partial charge in [0.1, 0.15) is 0 Å². The standard InChI is InChI=1S/C25H33N3/c1-6-22-23-15-20(19-9-11-28(12-10-19)16(2)3)7-8-24(23)27-25(22)21-13-17(4)26-18(5)14-21/h7-8,13-16,19,27H,6,9-12H2,1-5H3. The third-order valence-electron chi connectivity index (χ3n) is 6.39.